The fourth-order valence-corrected chi connectivity index (χ4v) is 2.86. The van der Waals surface area contributed by atoms with Crippen LogP contribution in [0.5, 0.6) is 11.5 Å². The third-order valence-corrected chi connectivity index (χ3v) is 4.26. The van der Waals surface area contributed by atoms with Crippen LogP contribution < -0.4 is 15.1 Å². The number of carbonyl (C=O) groups is 1. The summed E-state index contributed by atoms with van der Waals surface area (Å²) in [6.07, 6.45) is 0. The van der Waals surface area contributed by atoms with E-state index in [1.54, 1.807) is 12.1 Å². The maximum Gasteiger partial charge on any atom is 0.345 e. The fraction of sp³-hybridized carbons (Fsp3) is 0.200. The van der Waals surface area contributed by atoms with E-state index in [1.807, 2.05) is 13.0 Å². The molecular weight excluding hydrogens is 382 g/mol. The number of methoxy groups -OCH3 is 2. The highest BCUT2D eigenvalue weighted by molar-refractivity contribution is 5.95. The third kappa shape index (κ3) is 4.03. The first kappa shape index (κ1) is 19.9. The summed E-state index contributed by atoms with van der Waals surface area (Å²) in [5, 5.41) is 12.0. The predicted octanol–water partition coefficient (Wildman–Crippen LogP) is 3.38. The standard InChI is InChI=1S/C20H17NO8/c1-11-4-5-13-12(7-19(22)29-16(13)6-11)10-28-20(23)14-8-17(26-2)18(27-3)9-15(14)21(24)25/h4-9H,10H2,1-3H3. The molecular formula is C20H17NO8. The van der Waals surface area contributed by atoms with Crippen LogP contribution in [0.2, 0.25) is 0 Å². The van der Waals surface area contributed by atoms with Crippen molar-refractivity contribution in [3.05, 3.63) is 73.6 Å². The van der Waals surface area contributed by atoms with E-state index in [2.05, 4.69) is 0 Å². The lowest BCUT2D eigenvalue weighted by Crippen LogP contribution is -2.10. The highest BCUT2D eigenvalue weighted by Crippen LogP contribution is 2.35. The highest BCUT2D eigenvalue weighted by Gasteiger charge is 2.26. The summed E-state index contributed by atoms with van der Waals surface area (Å²) in [5.74, 6) is -0.685. The number of fused-ring (bicyclic) bond motifs is 1. The molecule has 0 radical (unpaired) electrons. The molecule has 3 rings (SSSR count). The summed E-state index contributed by atoms with van der Waals surface area (Å²) in [6, 6.07) is 8.75. The van der Waals surface area contributed by atoms with Crippen molar-refractivity contribution >= 4 is 22.6 Å². The van der Waals surface area contributed by atoms with Gasteiger partial charge in [0.05, 0.1) is 25.2 Å². The Bertz CT molecular complexity index is 1170. The second-order valence-corrected chi connectivity index (χ2v) is 6.15. The third-order valence-electron chi connectivity index (χ3n) is 4.26. The van der Waals surface area contributed by atoms with Gasteiger partial charge in [-0.1, -0.05) is 12.1 Å². The normalized spacial score (nSPS) is 10.6. The van der Waals surface area contributed by atoms with Crippen LogP contribution in [0, 0.1) is 17.0 Å². The van der Waals surface area contributed by atoms with E-state index in [0.717, 1.165) is 11.6 Å². The Morgan fingerprint density at radius 1 is 1.10 bits per heavy atom. The largest absolute Gasteiger partial charge is 0.493 e. The van der Waals surface area contributed by atoms with Gasteiger partial charge in [0, 0.05) is 23.1 Å². The van der Waals surface area contributed by atoms with Gasteiger partial charge in [-0.3, -0.25) is 10.1 Å². The van der Waals surface area contributed by atoms with E-state index in [1.165, 1.54) is 26.4 Å². The van der Waals surface area contributed by atoms with Crippen LogP contribution in [-0.4, -0.2) is 25.1 Å². The number of aryl methyl sites for hydroxylation is 1. The number of nitrogens with zero attached hydrogens (tertiary/aromatic N) is 1. The molecule has 0 bridgehead atoms. The van der Waals surface area contributed by atoms with Crippen LogP contribution in [-0.2, 0) is 11.3 Å². The van der Waals surface area contributed by atoms with Gasteiger partial charge in [0.2, 0.25) is 0 Å². The maximum atomic E-state index is 12.6. The average Bonchev–Trinajstić information content (AvgIpc) is 2.69. The van der Waals surface area contributed by atoms with Gasteiger partial charge in [0.1, 0.15) is 17.8 Å². The van der Waals surface area contributed by atoms with Crippen molar-refractivity contribution < 1.29 is 28.3 Å². The molecule has 9 nitrogen and oxygen atoms in total. The number of ether oxygens (including phenoxy) is 3. The molecule has 0 aliphatic heterocycles. The second kappa shape index (κ2) is 8.01. The number of benzene rings is 2. The molecule has 0 saturated carbocycles. The molecule has 0 atom stereocenters. The van der Waals surface area contributed by atoms with E-state index in [4.69, 9.17) is 18.6 Å². The van der Waals surface area contributed by atoms with E-state index in [9.17, 15) is 19.7 Å². The summed E-state index contributed by atoms with van der Waals surface area (Å²) >= 11 is 0. The van der Waals surface area contributed by atoms with E-state index < -0.39 is 22.2 Å². The average molecular weight is 399 g/mol. The minimum atomic E-state index is -0.939. The van der Waals surface area contributed by atoms with Gasteiger partial charge >= 0.3 is 11.6 Å². The van der Waals surface area contributed by atoms with Gasteiger partial charge in [-0.15, -0.1) is 0 Å². The number of esters is 1. The van der Waals surface area contributed by atoms with Crippen molar-refractivity contribution in [3.63, 3.8) is 0 Å². The molecule has 3 aromatic rings. The van der Waals surface area contributed by atoms with Crippen LogP contribution in [0.15, 0.2) is 45.6 Å². The Labute approximate surface area is 164 Å². The zero-order valence-electron chi connectivity index (χ0n) is 15.9. The minimum absolute atomic E-state index is 0.109. The second-order valence-electron chi connectivity index (χ2n) is 6.15. The Morgan fingerprint density at radius 3 is 2.45 bits per heavy atom. The molecule has 9 heteroatoms. The van der Waals surface area contributed by atoms with Crippen molar-refractivity contribution in [2.24, 2.45) is 0 Å². The number of rotatable bonds is 6. The van der Waals surface area contributed by atoms with Crippen molar-refractivity contribution in [2.75, 3.05) is 14.2 Å². The van der Waals surface area contributed by atoms with Crippen LogP contribution in [0.1, 0.15) is 21.5 Å². The maximum absolute atomic E-state index is 12.6. The smallest absolute Gasteiger partial charge is 0.345 e. The van der Waals surface area contributed by atoms with Crippen molar-refractivity contribution in [3.8, 4) is 11.5 Å². The quantitative estimate of drug-likeness (QED) is 0.268. The Hall–Kier alpha value is -3.88. The van der Waals surface area contributed by atoms with Gasteiger partial charge in [-0.2, -0.15) is 0 Å². The zero-order valence-corrected chi connectivity index (χ0v) is 15.9. The number of nitro groups is 1. The summed E-state index contributed by atoms with van der Waals surface area (Å²) in [7, 11) is 2.67. The molecule has 0 fully saturated rings. The number of nitro benzene ring substituents is 1. The molecule has 0 saturated heterocycles. The predicted molar refractivity (Wildman–Crippen MR) is 103 cm³/mol. The van der Waals surface area contributed by atoms with Crippen molar-refractivity contribution in [1.82, 2.24) is 0 Å². The molecule has 1 heterocycles. The summed E-state index contributed by atoms with van der Waals surface area (Å²) in [5.41, 5.74) is 0.312. The molecule has 150 valence electrons. The summed E-state index contributed by atoms with van der Waals surface area (Å²) < 4.78 is 20.6. The first-order valence-electron chi connectivity index (χ1n) is 8.45. The molecule has 0 spiro atoms. The number of carbonyl (C=O) groups excluding carboxylic acids is 1. The fourth-order valence-electron chi connectivity index (χ4n) is 2.86. The Kier molecular flexibility index (Phi) is 5.49. The molecule has 0 amide bonds. The Balaban J connectivity index is 1.95. The van der Waals surface area contributed by atoms with Crippen LogP contribution in [0.3, 0.4) is 0 Å². The van der Waals surface area contributed by atoms with Gasteiger partial charge in [-0.25, -0.2) is 9.59 Å². The van der Waals surface area contributed by atoms with Gasteiger partial charge < -0.3 is 18.6 Å². The van der Waals surface area contributed by atoms with E-state index in [0.29, 0.717) is 16.5 Å². The number of hydrogen-bond acceptors (Lipinski definition) is 8. The SMILES string of the molecule is COc1cc(C(=O)OCc2cc(=O)oc3cc(C)ccc23)c([N+](=O)[O-])cc1OC. The van der Waals surface area contributed by atoms with Gasteiger partial charge in [0.25, 0.3) is 5.69 Å². The molecule has 1 aromatic heterocycles. The van der Waals surface area contributed by atoms with E-state index >= 15 is 0 Å². The molecule has 0 unspecified atom stereocenters. The monoisotopic (exact) mass is 399 g/mol. The summed E-state index contributed by atoms with van der Waals surface area (Å²) in [4.78, 5) is 35.0. The zero-order chi connectivity index (χ0) is 21.1. The van der Waals surface area contributed by atoms with Gasteiger partial charge in [0.15, 0.2) is 11.5 Å². The lowest BCUT2D eigenvalue weighted by atomic mass is 10.1. The first-order chi connectivity index (χ1) is 13.8. The van der Waals surface area contributed by atoms with Crippen molar-refractivity contribution in [2.45, 2.75) is 13.5 Å². The van der Waals surface area contributed by atoms with Crippen molar-refractivity contribution in [1.29, 1.82) is 0 Å². The van der Waals surface area contributed by atoms with Crippen LogP contribution in [0.4, 0.5) is 5.69 Å². The lowest BCUT2D eigenvalue weighted by molar-refractivity contribution is -0.385. The van der Waals surface area contributed by atoms with Crippen LogP contribution in [0.25, 0.3) is 11.0 Å². The minimum Gasteiger partial charge on any atom is -0.493 e. The molecule has 0 N–H and O–H groups in total. The number of hydrogen-bond donors (Lipinski definition) is 0. The lowest BCUT2D eigenvalue weighted by Gasteiger charge is -2.11. The topological polar surface area (TPSA) is 118 Å². The van der Waals surface area contributed by atoms with E-state index in [-0.39, 0.29) is 23.7 Å². The Morgan fingerprint density at radius 2 is 1.79 bits per heavy atom. The molecule has 29 heavy (non-hydrogen) atoms. The summed E-state index contributed by atoms with van der Waals surface area (Å²) in [6.45, 7) is 1.58. The highest BCUT2D eigenvalue weighted by atomic mass is 16.6. The molecule has 2 aromatic carbocycles. The molecule has 0 aliphatic rings. The molecule has 0 aliphatic carbocycles. The first-order valence-corrected chi connectivity index (χ1v) is 8.45. The van der Waals surface area contributed by atoms with Crippen LogP contribution >= 0.6 is 0 Å². The van der Waals surface area contributed by atoms with Gasteiger partial charge in [-0.05, 0) is 18.6 Å².